The normalized spacial score (nSPS) is 17.0. The van der Waals surface area contributed by atoms with Gasteiger partial charge in [0, 0.05) is 22.0 Å². The minimum atomic E-state index is 0. The van der Waals surface area contributed by atoms with Gasteiger partial charge in [0.25, 0.3) is 0 Å². The summed E-state index contributed by atoms with van der Waals surface area (Å²) in [6.07, 6.45) is 0. The van der Waals surface area contributed by atoms with E-state index in [0.717, 1.165) is 23.3 Å². The molecule has 5 heteroatoms. The molecule has 2 aromatic rings. The number of halogens is 2. The molecule has 2 aliphatic heterocycles. The van der Waals surface area contributed by atoms with E-state index in [9.17, 15) is 0 Å². The molecule has 2 heterocycles. The van der Waals surface area contributed by atoms with Gasteiger partial charge in [0.15, 0.2) is 5.17 Å². The molecule has 2 aliphatic rings. The Morgan fingerprint density at radius 1 is 1.24 bits per heavy atom. The second kappa shape index (κ2) is 5.67. The van der Waals surface area contributed by atoms with Crippen molar-refractivity contribution in [3.63, 3.8) is 0 Å². The second-order valence-corrected chi connectivity index (χ2v) is 6.61. The van der Waals surface area contributed by atoms with Gasteiger partial charge in [-0.1, -0.05) is 47.6 Å². The Morgan fingerprint density at radius 3 is 2.95 bits per heavy atom. The lowest BCUT2D eigenvalue weighted by atomic mass is 10.0. The highest BCUT2D eigenvalue weighted by molar-refractivity contribution is 8.93. The number of fused-ring (bicyclic) bond motifs is 2. The fourth-order valence-corrected chi connectivity index (χ4v) is 4.09. The van der Waals surface area contributed by atoms with E-state index in [1.165, 1.54) is 26.9 Å². The summed E-state index contributed by atoms with van der Waals surface area (Å²) in [6.45, 7) is 4.04. The quantitative estimate of drug-likeness (QED) is 0.676. The van der Waals surface area contributed by atoms with Gasteiger partial charge >= 0.3 is 0 Å². The first-order chi connectivity index (χ1) is 9.74. The summed E-state index contributed by atoms with van der Waals surface area (Å²) in [5.74, 6) is 0. The van der Waals surface area contributed by atoms with Gasteiger partial charge in [-0.3, -0.25) is 4.99 Å². The van der Waals surface area contributed by atoms with Crippen LogP contribution in [0, 0.1) is 0 Å². The lowest BCUT2D eigenvalue weighted by Gasteiger charge is -2.18. The van der Waals surface area contributed by atoms with Crippen LogP contribution in [0.2, 0.25) is 5.02 Å². The first kappa shape index (κ1) is 14.9. The Labute approximate surface area is 143 Å². The number of allylic oxidation sites excluding steroid dienone is 1. The Balaban J connectivity index is 0.00000132. The second-order valence-electron chi connectivity index (χ2n) is 4.99. The third-order valence-electron chi connectivity index (χ3n) is 3.75. The molecule has 0 N–H and O–H groups in total. The molecule has 0 fully saturated rings. The van der Waals surface area contributed by atoms with Crippen LogP contribution in [0.4, 0.5) is 0 Å². The summed E-state index contributed by atoms with van der Waals surface area (Å²) in [6, 6.07) is 12.5. The van der Waals surface area contributed by atoms with E-state index in [4.69, 9.17) is 11.6 Å². The summed E-state index contributed by atoms with van der Waals surface area (Å²) in [5, 5.41) is 4.35. The van der Waals surface area contributed by atoms with Crippen LogP contribution in [-0.4, -0.2) is 23.2 Å². The lowest BCUT2D eigenvalue weighted by molar-refractivity contribution is 0.648. The minimum Gasteiger partial charge on any atom is -0.318 e. The Kier molecular flexibility index (Phi) is 4.04. The van der Waals surface area contributed by atoms with Gasteiger partial charge in [-0.05, 0) is 29.8 Å². The maximum atomic E-state index is 6.19. The number of hydrogen-bond donors (Lipinski definition) is 0. The predicted octanol–water partition coefficient (Wildman–Crippen LogP) is 5.18. The van der Waals surface area contributed by atoms with E-state index in [-0.39, 0.29) is 17.0 Å². The minimum absolute atomic E-state index is 0. The fraction of sp³-hybridized carbons (Fsp3) is 0.188. The molecule has 0 aromatic heterocycles. The monoisotopic (exact) mass is 380 g/mol. The molecule has 0 amide bonds. The Hall–Kier alpha value is -0.970. The molecular weight excluding hydrogens is 368 g/mol. The van der Waals surface area contributed by atoms with Crippen molar-refractivity contribution in [1.82, 2.24) is 4.90 Å². The van der Waals surface area contributed by atoms with E-state index < -0.39 is 0 Å². The highest BCUT2D eigenvalue weighted by atomic mass is 79.9. The van der Waals surface area contributed by atoms with Crippen LogP contribution in [0.5, 0.6) is 0 Å². The van der Waals surface area contributed by atoms with E-state index >= 15 is 0 Å². The Morgan fingerprint density at radius 2 is 2.10 bits per heavy atom. The Bertz CT molecular complexity index is 785. The van der Waals surface area contributed by atoms with Gasteiger partial charge in [0.05, 0.1) is 12.2 Å². The van der Waals surface area contributed by atoms with Crippen molar-refractivity contribution >= 4 is 62.0 Å². The first-order valence-electron chi connectivity index (χ1n) is 6.63. The number of nitrogens with zero attached hydrogens (tertiary/aromatic N) is 2. The van der Waals surface area contributed by atoms with Crippen LogP contribution in [0.1, 0.15) is 12.5 Å². The zero-order valence-corrected chi connectivity index (χ0v) is 14.8. The van der Waals surface area contributed by atoms with Crippen molar-refractivity contribution in [3.8, 4) is 0 Å². The molecule has 2 nitrogen and oxygen atoms in total. The molecule has 108 valence electrons. The summed E-state index contributed by atoms with van der Waals surface area (Å²) < 4.78 is 0. The topological polar surface area (TPSA) is 15.6 Å². The number of hydrogen-bond acceptors (Lipinski definition) is 3. The van der Waals surface area contributed by atoms with Gasteiger partial charge in [0.1, 0.15) is 0 Å². The molecule has 0 saturated carbocycles. The maximum absolute atomic E-state index is 6.19. The number of rotatable bonds is 1. The first-order valence-corrected chi connectivity index (χ1v) is 7.83. The lowest BCUT2D eigenvalue weighted by Crippen LogP contribution is -2.20. The SMILES string of the molecule is Br.CC1=C(c2cccc3ccc(Cl)cc23)N2CCN=C2S1. The van der Waals surface area contributed by atoms with Crippen LogP contribution >= 0.6 is 40.3 Å². The van der Waals surface area contributed by atoms with Gasteiger partial charge in [-0.2, -0.15) is 0 Å². The third kappa shape index (κ3) is 2.39. The standard InChI is InChI=1S/C16H13ClN2S.BrH/c1-10-15(19-8-7-18-16(19)20-10)13-4-2-3-11-5-6-12(17)9-14(11)13;/h2-6,9H,7-8H2,1H3;1H. The third-order valence-corrected chi connectivity index (χ3v) is 5.02. The van der Waals surface area contributed by atoms with Gasteiger partial charge in [-0.25, -0.2) is 0 Å². The summed E-state index contributed by atoms with van der Waals surface area (Å²) in [7, 11) is 0. The average molecular weight is 382 g/mol. The molecule has 0 aliphatic carbocycles. The summed E-state index contributed by atoms with van der Waals surface area (Å²) in [5.41, 5.74) is 2.54. The molecule has 0 spiro atoms. The molecule has 0 atom stereocenters. The molecule has 0 radical (unpaired) electrons. The highest BCUT2D eigenvalue weighted by Gasteiger charge is 2.31. The van der Waals surface area contributed by atoms with Crippen molar-refractivity contribution < 1.29 is 0 Å². The summed E-state index contributed by atoms with van der Waals surface area (Å²) >= 11 is 7.96. The summed E-state index contributed by atoms with van der Waals surface area (Å²) in [4.78, 5) is 8.20. The van der Waals surface area contributed by atoms with E-state index in [1.54, 1.807) is 11.8 Å². The smallest absolute Gasteiger partial charge is 0.168 e. The largest absolute Gasteiger partial charge is 0.318 e. The van der Waals surface area contributed by atoms with Gasteiger partial charge in [0.2, 0.25) is 0 Å². The number of benzene rings is 2. The predicted molar refractivity (Wildman–Crippen MR) is 98.5 cm³/mol. The van der Waals surface area contributed by atoms with Crippen LogP contribution in [0.25, 0.3) is 16.5 Å². The molecule has 0 bridgehead atoms. The highest BCUT2D eigenvalue weighted by Crippen LogP contribution is 2.43. The van der Waals surface area contributed by atoms with Crippen molar-refractivity contribution in [1.29, 1.82) is 0 Å². The maximum Gasteiger partial charge on any atom is 0.168 e. The van der Waals surface area contributed by atoms with Crippen molar-refractivity contribution in [2.45, 2.75) is 6.92 Å². The molecule has 4 rings (SSSR count). The number of thioether (sulfide) groups is 1. The van der Waals surface area contributed by atoms with Crippen LogP contribution in [-0.2, 0) is 0 Å². The van der Waals surface area contributed by atoms with E-state index in [2.05, 4.69) is 47.1 Å². The molecule has 0 saturated heterocycles. The number of aliphatic imine (C=N–C) groups is 1. The molecule has 2 aromatic carbocycles. The van der Waals surface area contributed by atoms with E-state index in [1.807, 2.05) is 6.07 Å². The van der Waals surface area contributed by atoms with Crippen LogP contribution in [0.3, 0.4) is 0 Å². The van der Waals surface area contributed by atoms with E-state index in [0.29, 0.717) is 0 Å². The molecule has 0 unspecified atom stereocenters. The van der Waals surface area contributed by atoms with Crippen molar-refractivity contribution in [2.75, 3.05) is 13.1 Å². The fourth-order valence-electron chi connectivity index (χ4n) is 2.88. The van der Waals surface area contributed by atoms with Crippen LogP contribution < -0.4 is 0 Å². The zero-order chi connectivity index (χ0) is 13.7. The molecule has 21 heavy (non-hydrogen) atoms. The van der Waals surface area contributed by atoms with Gasteiger partial charge in [-0.15, -0.1) is 17.0 Å². The van der Waals surface area contributed by atoms with Crippen molar-refractivity contribution in [2.24, 2.45) is 4.99 Å². The van der Waals surface area contributed by atoms with Gasteiger partial charge < -0.3 is 4.90 Å². The van der Waals surface area contributed by atoms with Crippen molar-refractivity contribution in [3.05, 3.63) is 51.9 Å². The zero-order valence-electron chi connectivity index (χ0n) is 11.5. The molecular formula is C16H14BrClN2S. The number of amidine groups is 1. The van der Waals surface area contributed by atoms with Crippen LogP contribution in [0.15, 0.2) is 46.3 Å². The average Bonchev–Trinajstić information content (AvgIpc) is 2.98.